The van der Waals surface area contributed by atoms with E-state index in [9.17, 15) is 4.79 Å². The highest BCUT2D eigenvalue weighted by molar-refractivity contribution is 5.90. The lowest BCUT2D eigenvalue weighted by molar-refractivity contribution is 0.149. The minimum atomic E-state index is -0.431. The van der Waals surface area contributed by atoms with Gasteiger partial charge in [0.1, 0.15) is 18.1 Å². The highest BCUT2D eigenvalue weighted by Gasteiger charge is 2.30. The maximum Gasteiger partial charge on any atom is 0.414 e. The van der Waals surface area contributed by atoms with Gasteiger partial charge >= 0.3 is 6.09 Å². The Labute approximate surface area is 205 Å². The number of hydrogen-bond acceptors (Lipinski definition) is 4. The Morgan fingerprint density at radius 2 is 1.40 bits per heavy atom. The van der Waals surface area contributed by atoms with Crippen molar-refractivity contribution in [2.75, 3.05) is 25.7 Å². The van der Waals surface area contributed by atoms with Crippen molar-refractivity contribution in [1.29, 1.82) is 0 Å². The average Bonchev–Trinajstić information content (AvgIpc) is 3.24. The summed E-state index contributed by atoms with van der Waals surface area (Å²) in [4.78, 5) is 15.2. The molecular formula is C30H27NO4. The van der Waals surface area contributed by atoms with Crippen LogP contribution in [0.4, 0.5) is 10.5 Å². The van der Waals surface area contributed by atoms with E-state index in [1.54, 1.807) is 25.2 Å². The van der Waals surface area contributed by atoms with E-state index in [2.05, 4.69) is 24.3 Å². The molecule has 1 aliphatic carbocycles. The number of carbonyl (C=O) groups is 1. The van der Waals surface area contributed by atoms with E-state index >= 15 is 0 Å². The highest BCUT2D eigenvalue weighted by Crippen LogP contribution is 2.44. The normalized spacial score (nSPS) is 11.9. The molecule has 4 aromatic carbocycles. The van der Waals surface area contributed by atoms with Crippen molar-refractivity contribution in [3.8, 4) is 22.6 Å². The Hall–Kier alpha value is -4.25. The molecule has 0 fully saturated rings. The van der Waals surface area contributed by atoms with E-state index in [1.807, 2.05) is 66.7 Å². The predicted molar refractivity (Wildman–Crippen MR) is 137 cm³/mol. The van der Waals surface area contributed by atoms with Gasteiger partial charge in [-0.25, -0.2) is 4.79 Å². The van der Waals surface area contributed by atoms with Crippen LogP contribution in [-0.2, 0) is 11.3 Å². The van der Waals surface area contributed by atoms with Gasteiger partial charge in [-0.3, -0.25) is 4.90 Å². The van der Waals surface area contributed by atoms with Crippen LogP contribution in [0.1, 0.15) is 22.6 Å². The van der Waals surface area contributed by atoms with Gasteiger partial charge in [0.25, 0.3) is 0 Å². The van der Waals surface area contributed by atoms with Gasteiger partial charge in [-0.15, -0.1) is 0 Å². The summed E-state index contributed by atoms with van der Waals surface area (Å²) >= 11 is 0. The summed E-state index contributed by atoms with van der Waals surface area (Å²) in [6, 6.07) is 31.9. The van der Waals surface area contributed by atoms with Gasteiger partial charge in [0.15, 0.2) is 0 Å². The average molecular weight is 466 g/mol. The fourth-order valence-electron chi connectivity index (χ4n) is 4.69. The van der Waals surface area contributed by atoms with E-state index in [0.29, 0.717) is 23.7 Å². The van der Waals surface area contributed by atoms with Crippen molar-refractivity contribution in [3.05, 3.63) is 114 Å². The summed E-state index contributed by atoms with van der Waals surface area (Å²) in [6.07, 6.45) is -0.431. The smallest absolute Gasteiger partial charge is 0.414 e. The molecule has 0 aromatic heterocycles. The zero-order valence-corrected chi connectivity index (χ0v) is 19.8. The number of fused-ring (bicyclic) bond motifs is 3. The Morgan fingerprint density at radius 1 is 0.771 bits per heavy atom. The fraction of sp³-hybridized carbons (Fsp3) is 0.167. The number of rotatable bonds is 7. The molecule has 1 aliphatic rings. The van der Waals surface area contributed by atoms with Gasteiger partial charge in [0.2, 0.25) is 0 Å². The van der Waals surface area contributed by atoms with Crippen LogP contribution in [0, 0.1) is 0 Å². The van der Waals surface area contributed by atoms with Gasteiger partial charge in [-0.1, -0.05) is 78.9 Å². The summed E-state index contributed by atoms with van der Waals surface area (Å²) in [7, 11) is 3.18. The van der Waals surface area contributed by atoms with Crippen LogP contribution in [-0.4, -0.2) is 26.9 Å². The lowest BCUT2D eigenvalue weighted by Crippen LogP contribution is -2.32. The quantitative estimate of drug-likeness (QED) is 0.306. The molecule has 0 spiro atoms. The third-order valence-corrected chi connectivity index (χ3v) is 6.42. The Kier molecular flexibility index (Phi) is 6.40. The molecule has 35 heavy (non-hydrogen) atoms. The standard InChI is InChI=1S/C30H27NO4/c1-33-22-16-17-28(29(18-22)34-2)31(19-21-10-4-3-5-11-21)30(32)35-20-27-25-14-8-6-12-23(25)24-13-7-9-15-26(24)27/h3-18,27H,19-20H2,1-2H3. The molecule has 4 aromatic rings. The second-order valence-corrected chi connectivity index (χ2v) is 8.41. The van der Waals surface area contributed by atoms with Crippen molar-refractivity contribution in [2.24, 2.45) is 0 Å². The van der Waals surface area contributed by atoms with Gasteiger partial charge < -0.3 is 14.2 Å². The number of carbonyl (C=O) groups excluding carboxylic acids is 1. The van der Waals surface area contributed by atoms with Crippen LogP contribution >= 0.6 is 0 Å². The van der Waals surface area contributed by atoms with Crippen LogP contribution in [0.2, 0.25) is 0 Å². The molecule has 0 saturated carbocycles. The second-order valence-electron chi connectivity index (χ2n) is 8.41. The molecule has 5 heteroatoms. The van der Waals surface area contributed by atoms with Crippen molar-refractivity contribution in [3.63, 3.8) is 0 Å². The molecule has 0 unspecified atom stereocenters. The summed E-state index contributed by atoms with van der Waals surface area (Å²) in [6.45, 7) is 0.594. The number of benzene rings is 4. The third kappa shape index (κ3) is 4.45. The van der Waals surface area contributed by atoms with Gasteiger partial charge in [0.05, 0.1) is 26.5 Å². The summed E-state index contributed by atoms with van der Waals surface area (Å²) in [5, 5.41) is 0. The van der Waals surface area contributed by atoms with Crippen LogP contribution in [0.25, 0.3) is 11.1 Å². The maximum absolute atomic E-state index is 13.6. The van der Waals surface area contributed by atoms with Gasteiger partial charge in [-0.05, 0) is 39.9 Å². The number of anilines is 1. The van der Waals surface area contributed by atoms with Crippen LogP contribution < -0.4 is 14.4 Å². The minimum Gasteiger partial charge on any atom is -0.497 e. The molecule has 0 N–H and O–H groups in total. The Morgan fingerprint density at radius 3 is 2.03 bits per heavy atom. The number of hydrogen-bond donors (Lipinski definition) is 0. The molecule has 176 valence electrons. The first-order chi connectivity index (χ1) is 17.2. The molecule has 0 heterocycles. The molecule has 5 rings (SSSR count). The lowest BCUT2D eigenvalue weighted by atomic mass is 9.98. The molecule has 0 aliphatic heterocycles. The van der Waals surface area contributed by atoms with Crippen molar-refractivity contribution in [1.82, 2.24) is 0 Å². The summed E-state index contributed by atoms with van der Waals surface area (Å²) < 4.78 is 16.9. The number of nitrogens with zero attached hydrogens (tertiary/aromatic N) is 1. The van der Waals surface area contributed by atoms with Gasteiger partial charge in [0, 0.05) is 12.0 Å². The molecule has 0 atom stereocenters. The van der Waals surface area contributed by atoms with Crippen LogP contribution in [0.3, 0.4) is 0 Å². The predicted octanol–water partition coefficient (Wildman–Crippen LogP) is 6.66. The van der Waals surface area contributed by atoms with Crippen molar-refractivity contribution >= 4 is 11.8 Å². The largest absolute Gasteiger partial charge is 0.497 e. The summed E-state index contributed by atoms with van der Waals surface area (Å²) in [5.74, 6) is 1.18. The van der Waals surface area contributed by atoms with E-state index in [4.69, 9.17) is 14.2 Å². The van der Waals surface area contributed by atoms with E-state index in [-0.39, 0.29) is 12.5 Å². The van der Waals surface area contributed by atoms with E-state index in [0.717, 1.165) is 5.56 Å². The van der Waals surface area contributed by atoms with E-state index < -0.39 is 6.09 Å². The first kappa shape index (κ1) is 22.5. The van der Waals surface area contributed by atoms with Crippen LogP contribution in [0.5, 0.6) is 11.5 Å². The number of amides is 1. The molecular weight excluding hydrogens is 438 g/mol. The fourth-order valence-corrected chi connectivity index (χ4v) is 4.69. The Bertz CT molecular complexity index is 1290. The van der Waals surface area contributed by atoms with E-state index in [1.165, 1.54) is 22.3 Å². The molecule has 0 radical (unpaired) electrons. The first-order valence-electron chi connectivity index (χ1n) is 11.6. The zero-order chi connectivity index (χ0) is 24.2. The first-order valence-corrected chi connectivity index (χ1v) is 11.6. The highest BCUT2D eigenvalue weighted by atomic mass is 16.6. The minimum absolute atomic E-state index is 0.0114. The third-order valence-electron chi connectivity index (χ3n) is 6.42. The SMILES string of the molecule is COc1ccc(N(Cc2ccccc2)C(=O)OCC2c3ccccc3-c3ccccc32)c(OC)c1. The Balaban J connectivity index is 1.44. The zero-order valence-electron chi connectivity index (χ0n) is 19.8. The van der Waals surface area contributed by atoms with Gasteiger partial charge in [-0.2, -0.15) is 0 Å². The molecule has 5 nitrogen and oxygen atoms in total. The van der Waals surface area contributed by atoms with Crippen molar-refractivity contribution < 1.29 is 19.0 Å². The van der Waals surface area contributed by atoms with Crippen molar-refractivity contribution in [2.45, 2.75) is 12.5 Å². The molecule has 0 bridgehead atoms. The molecule has 0 saturated heterocycles. The topological polar surface area (TPSA) is 48.0 Å². The lowest BCUT2D eigenvalue weighted by Gasteiger charge is -2.25. The summed E-state index contributed by atoms with van der Waals surface area (Å²) in [5.41, 5.74) is 6.36. The van der Waals surface area contributed by atoms with Crippen LogP contribution in [0.15, 0.2) is 97.1 Å². The number of ether oxygens (including phenoxy) is 3. The maximum atomic E-state index is 13.6. The molecule has 1 amide bonds. The second kappa shape index (κ2) is 9.94. The number of methoxy groups -OCH3 is 2. The monoisotopic (exact) mass is 465 g/mol.